The van der Waals surface area contributed by atoms with E-state index in [0.29, 0.717) is 18.7 Å². The van der Waals surface area contributed by atoms with E-state index in [0.717, 1.165) is 0 Å². The molecule has 1 aromatic rings. The highest BCUT2D eigenvalue weighted by atomic mass is 16.2. The van der Waals surface area contributed by atoms with E-state index in [1.165, 1.54) is 4.57 Å². The fourth-order valence-corrected chi connectivity index (χ4v) is 1.58. The SMILES string of the molecule is CCn1cc(C(C)C)c(=O)n(CC)c1=O. The maximum Gasteiger partial charge on any atom is 0.330 e. The Bertz CT molecular complexity index is 455. The van der Waals surface area contributed by atoms with Gasteiger partial charge in [-0.2, -0.15) is 0 Å². The summed E-state index contributed by atoms with van der Waals surface area (Å²) in [6, 6.07) is 0. The van der Waals surface area contributed by atoms with Crippen molar-refractivity contribution in [1.82, 2.24) is 9.13 Å². The lowest BCUT2D eigenvalue weighted by atomic mass is 10.1. The van der Waals surface area contributed by atoms with Crippen LogP contribution < -0.4 is 11.2 Å². The predicted octanol–water partition coefficient (Wildman–Crippen LogP) is 1.17. The van der Waals surface area contributed by atoms with Crippen molar-refractivity contribution in [1.29, 1.82) is 0 Å². The van der Waals surface area contributed by atoms with Gasteiger partial charge in [0.1, 0.15) is 0 Å². The molecule has 0 fully saturated rings. The molecule has 1 aromatic heterocycles. The third-order valence-corrected chi connectivity index (χ3v) is 2.54. The third-order valence-electron chi connectivity index (χ3n) is 2.54. The summed E-state index contributed by atoms with van der Waals surface area (Å²) >= 11 is 0. The first-order chi connectivity index (χ1) is 7.02. The molecule has 0 radical (unpaired) electrons. The van der Waals surface area contributed by atoms with Crippen LogP contribution in [-0.4, -0.2) is 9.13 Å². The Kier molecular flexibility index (Phi) is 3.50. The normalized spacial score (nSPS) is 11.0. The van der Waals surface area contributed by atoms with E-state index in [4.69, 9.17) is 0 Å². The van der Waals surface area contributed by atoms with Crippen molar-refractivity contribution in [2.75, 3.05) is 0 Å². The second-order valence-corrected chi connectivity index (χ2v) is 3.86. The van der Waals surface area contributed by atoms with Crippen LogP contribution in [0.2, 0.25) is 0 Å². The maximum atomic E-state index is 11.9. The van der Waals surface area contributed by atoms with Gasteiger partial charge in [0.2, 0.25) is 0 Å². The summed E-state index contributed by atoms with van der Waals surface area (Å²) < 4.78 is 2.87. The molecule has 0 bridgehead atoms. The van der Waals surface area contributed by atoms with Crippen molar-refractivity contribution in [2.45, 2.75) is 46.7 Å². The number of aryl methyl sites for hydroxylation is 1. The monoisotopic (exact) mass is 210 g/mol. The number of rotatable bonds is 3. The van der Waals surface area contributed by atoms with Crippen molar-refractivity contribution in [2.24, 2.45) is 0 Å². The lowest BCUT2D eigenvalue weighted by molar-refractivity contribution is 0.570. The van der Waals surface area contributed by atoms with E-state index >= 15 is 0 Å². The fraction of sp³-hybridized carbons (Fsp3) is 0.636. The first kappa shape index (κ1) is 11.8. The number of aromatic nitrogens is 2. The minimum atomic E-state index is -0.214. The van der Waals surface area contributed by atoms with Gasteiger partial charge in [-0.3, -0.25) is 9.36 Å². The summed E-state index contributed by atoms with van der Waals surface area (Å²) in [5.41, 5.74) is 0.343. The molecule has 0 saturated carbocycles. The van der Waals surface area contributed by atoms with E-state index in [2.05, 4.69) is 0 Å². The Hall–Kier alpha value is -1.32. The van der Waals surface area contributed by atoms with E-state index < -0.39 is 0 Å². The van der Waals surface area contributed by atoms with E-state index in [1.54, 1.807) is 10.8 Å². The molecule has 4 heteroatoms. The Labute approximate surface area is 89.2 Å². The van der Waals surface area contributed by atoms with Crippen molar-refractivity contribution >= 4 is 0 Å². The molecule has 84 valence electrons. The summed E-state index contributed by atoms with van der Waals surface area (Å²) in [6.07, 6.45) is 1.68. The van der Waals surface area contributed by atoms with Gasteiger partial charge in [-0.1, -0.05) is 13.8 Å². The van der Waals surface area contributed by atoms with Crippen LogP contribution in [0.5, 0.6) is 0 Å². The summed E-state index contributed by atoms with van der Waals surface area (Å²) in [7, 11) is 0. The van der Waals surface area contributed by atoms with Gasteiger partial charge in [0.05, 0.1) is 0 Å². The molecule has 1 rings (SSSR count). The third kappa shape index (κ3) is 2.03. The van der Waals surface area contributed by atoms with Crippen LogP contribution in [0.3, 0.4) is 0 Å². The summed E-state index contributed by atoms with van der Waals surface area (Å²) in [5.74, 6) is 0.147. The average Bonchev–Trinajstić information content (AvgIpc) is 2.18. The van der Waals surface area contributed by atoms with Crippen LogP contribution in [-0.2, 0) is 13.1 Å². The second kappa shape index (κ2) is 4.47. The quantitative estimate of drug-likeness (QED) is 0.751. The predicted molar refractivity (Wildman–Crippen MR) is 60.4 cm³/mol. The van der Waals surface area contributed by atoms with Crippen molar-refractivity contribution in [3.63, 3.8) is 0 Å². The lowest BCUT2D eigenvalue weighted by Crippen LogP contribution is -2.40. The Morgan fingerprint density at radius 2 is 1.80 bits per heavy atom. The summed E-state index contributed by atoms with van der Waals surface area (Å²) in [6.45, 7) is 8.66. The van der Waals surface area contributed by atoms with Crippen LogP contribution >= 0.6 is 0 Å². The first-order valence-corrected chi connectivity index (χ1v) is 5.37. The van der Waals surface area contributed by atoms with Gasteiger partial charge in [0.15, 0.2) is 0 Å². The van der Waals surface area contributed by atoms with E-state index in [1.807, 2.05) is 27.7 Å². The fourth-order valence-electron chi connectivity index (χ4n) is 1.58. The van der Waals surface area contributed by atoms with Crippen LogP contribution in [0.15, 0.2) is 15.8 Å². The van der Waals surface area contributed by atoms with Gasteiger partial charge in [0, 0.05) is 24.8 Å². The molecule has 0 aliphatic heterocycles. The van der Waals surface area contributed by atoms with Crippen LogP contribution in [0.4, 0.5) is 0 Å². The van der Waals surface area contributed by atoms with Gasteiger partial charge in [-0.15, -0.1) is 0 Å². The van der Waals surface area contributed by atoms with Crippen LogP contribution in [0.1, 0.15) is 39.2 Å². The number of hydrogen-bond donors (Lipinski definition) is 0. The highest BCUT2D eigenvalue weighted by Crippen LogP contribution is 2.07. The smallest absolute Gasteiger partial charge is 0.300 e. The highest BCUT2D eigenvalue weighted by molar-refractivity contribution is 5.10. The molecule has 0 N–H and O–H groups in total. The number of nitrogens with zero attached hydrogens (tertiary/aromatic N) is 2. The lowest BCUT2D eigenvalue weighted by Gasteiger charge is -2.12. The molecule has 0 aliphatic carbocycles. The molecule has 4 nitrogen and oxygen atoms in total. The van der Waals surface area contributed by atoms with Crippen molar-refractivity contribution < 1.29 is 0 Å². The summed E-state index contributed by atoms with van der Waals surface area (Å²) in [4.78, 5) is 23.6. The Balaban J connectivity index is 3.59. The zero-order valence-electron chi connectivity index (χ0n) is 9.78. The van der Waals surface area contributed by atoms with Gasteiger partial charge in [-0.05, 0) is 19.8 Å². The highest BCUT2D eigenvalue weighted by Gasteiger charge is 2.11. The minimum absolute atomic E-state index is 0.147. The van der Waals surface area contributed by atoms with Gasteiger partial charge in [0.25, 0.3) is 5.56 Å². The maximum absolute atomic E-state index is 11.9. The molecule has 0 unspecified atom stereocenters. The molecule has 0 aliphatic rings. The molecule has 0 atom stereocenters. The molecule has 0 spiro atoms. The minimum Gasteiger partial charge on any atom is -0.300 e. The Morgan fingerprint density at radius 3 is 2.20 bits per heavy atom. The second-order valence-electron chi connectivity index (χ2n) is 3.86. The topological polar surface area (TPSA) is 44.0 Å². The van der Waals surface area contributed by atoms with E-state index in [9.17, 15) is 9.59 Å². The van der Waals surface area contributed by atoms with Gasteiger partial charge >= 0.3 is 5.69 Å². The first-order valence-electron chi connectivity index (χ1n) is 5.37. The van der Waals surface area contributed by atoms with Crippen molar-refractivity contribution in [3.8, 4) is 0 Å². The molecule has 15 heavy (non-hydrogen) atoms. The molecule has 0 saturated heterocycles. The summed E-state index contributed by atoms with van der Waals surface area (Å²) in [5, 5.41) is 0. The van der Waals surface area contributed by atoms with Gasteiger partial charge in [-0.25, -0.2) is 4.79 Å². The molecular weight excluding hydrogens is 192 g/mol. The molecular formula is C11H18N2O2. The van der Waals surface area contributed by atoms with Gasteiger partial charge < -0.3 is 4.57 Å². The molecule has 1 heterocycles. The number of hydrogen-bond acceptors (Lipinski definition) is 2. The van der Waals surface area contributed by atoms with Crippen LogP contribution in [0, 0.1) is 0 Å². The average molecular weight is 210 g/mol. The zero-order valence-corrected chi connectivity index (χ0v) is 9.78. The largest absolute Gasteiger partial charge is 0.330 e. The van der Waals surface area contributed by atoms with Crippen molar-refractivity contribution in [3.05, 3.63) is 32.6 Å². The van der Waals surface area contributed by atoms with Crippen LogP contribution in [0.25, 0.3) is 0 Å². The zero-order chi connectivity index (χ0) is 11.6. The molecule has 0 amide bonds. The Morgan fingerprint density at radius 1 is 1.20 bits per heavy atom. The standard InChI is InChI=1S/C11H18N2O2/c1-5-12-7-9(8(3)4)10(14)13(6-2)11(12)15/h7-8H,5-6H2,1-4H3. The molecule has 0 aromatic carbocycles. The van der Waals surface area contributed by atoms with E-state index in [-0.39, 0.29) is 17.2 Å².